The molecule has 82 valence electrons. The van der Waals surface area contributed by atoms with Crippen LogP contribution in [0, 0.1) is 0 Å². The van der Waals surface area contributed by atoms with Crippen molar-refractivity contribution in [2.24, 2.45) is 0 Å². The molecule has 4 heteroatoms. The number of likely N-dealkylation sites (N-methyl/N-ethyl adjacent to an activating group) is 1. The van der Waals surface area contributed by atoms with E-state index < -0.39 is 0 Å². The average Bonchev–Trinajstić information content (AvgIpc) is 2.15. The van der Waals surface area contributed by atoms with E-state index in [-0.39, 0.29) is 18.1 Å². The highest BCUT2D eigenvalue weighted by Crippen LogP contribution is 2.20. The van der Waals surface area contributed by atoms with Crippen molar-refractivity contribution in [3.63, 3.8) is 0 Å². The quantitative estimate of drug-likeness (QED) is 0.678. The lowest BCUT2D eigenvalue weighted by atomic mass is 9.99. The zero-order valence-corrected chi connectivity index (χ0v) is 9.29. The predicted molar refractivity (Wildman–Crippen MR) is 55.0 cm³/mol. The van der Waals surface area contributed by atoms with Gasteiger partial charge in [0, 0.05) is 25.2 Å². The van der Waals surface area contributed by atoms with Gasteiger partial charge in [-0.15, -0.1) is 0 Å². The normalized spacial score (nSPS) is 22.4. The summed E-state index contributed by atoms with van der Waals surface area (Å²) in [5.74, 6) is -0.158. The molecule has 1 saturated heterocycles. The Morgan fingerprint density at radius 2 is 2.07 bits per heavy atom. The second-order valence-corrected chi connectivity index (χ2v) is 4.37. The maximum Gasteiger partial charge on any atom is 0.248 e. The molecule has 1 rings (SSSR count). The highest BCUT2D eigenvalue weighted by atomic mass is 16.3. The number of hydrogen-bond acceptors (Lipinski definition) is 3. The highest BCUT2D eigenvalue weighted by Gasteiger charge is 2.33. The SMILES string of the molecule is CCN1CCN(C(=O)CO)CC1(C)C. The standard InChI is InChI=1S/C10H20N2O2/c1-4-12-6-5-11(9(14)7-13)8-10(12,2)3/h13H,4-8H2,1-3H3. The Bertz CT molecular complexity index is 216. The molecule has 0 aliphatic carbocycles. The topological polar surface area (TPSA) is 43.8 Å². The maximum absolute atomic E-state index is 11.3. The van der Waals surface area contributed by atoms with Gasteiger partial charge in [0.2, 0.25) is 5.91 Å². The Morgan fingerprint density at radius 1 is 1.43 bits per heavy atom. The van der Waals surface area contributed by atoms with Crippen LogP contribution in [-0.4, -0.2) is 59.1 Å². The van der Waals surface area contributed by atoms with Crippen molar-refractivity contribution < 1.29 is 9.90 Å². The molecule has 0 atom stereocenters. The van der Waals surface area contributed by atoms with Gasteiger partial charge in [-0.05, 0) is 20.4 Å². The Hall–Kier alpha value is -0.610. The van der Waals surface area contributed by atoms with E-state index in [0.29, 0.717) is 6.54 Å². The third-order valence-corrected chi connectivity index (χ3v) is 2.94. The first kappa shape index (κ1) is 11.5. The van der Waals surface area contributed by atoms with Gasteiger partial charge in [0.25, 0.3) is 0 Å². The first-order chi connectivity index (χ1) is 6.51. The molecule has 1 N–H and O–H groups in total. The fraction of sp³-hybridized carbons (Fsp3) is 0.900. The summed E-state index contributed by atoms with van der Waals surface area (Å²) in [6, 6.07) is 0. The molecule has 0 spiro atoms. The molecule has 1 heterocycles. The number of hydrogen-bond donors (Lipinski definition) is 1. The molecule has 1 amide bonds. The van der Waals surface area contributed by atoms with Gasteiger partial charge in [0.1, 0.15) is 6.61 Å². The minimum absolute atomic E-state index is 0.0256. The van der Waals surface area contributed by atoms with Crippen molar-refractivity contribution in [1.82, 2.24) is 9.80 Å². The fourth-order valence-corrected chi connectivity index (χ4v) is 2.09. The molecule has 0 bridgehead atoms. The molecular formula is C10H20N2O2. The van der Waals surface area contributed by atoms with Gasteiger partial charge < -0.3 is 10.0 Å². The molecule has 4 nitrogen and oxygen atoms in total. The van der Waals surface area contributed by atoms with E-state index in [1.807, 2.05) is 0 Å². The molecule has 0 aromatic rings. The summed E-state index contributed by atoms with van der Waals surface area (Å²) >= 11 is 0. The number of piperazine rings is 1. The average molecular weight is 200 g/mol. The van der Waals surface area contributed by atoms with E-state index in [1.165, 1.54) is 0 Å². The fourth-order valence-electron chi connectivity index (χ4n) is 2.09. The molecule has 0 saturated carbocycles. The third-order valence-electron chi connectivity index (χ3n) is 2.94. The zero-order chi connectivity index (χ0) is 10.8. The van der Waals surface area contributed by atoms with E-state index in [1.54, 1.807) is 4.90 Å². The monoisotopic (exact) mass is 200 g/mol. The van der Waals surface area contributed by atoms with Crippen LogP contribution in [0.25, 0.3) is 0 Å². The first-order valence-electron chi connectivity index (χ1n) is 5.15. The predicted octanol–water partition coefficient (Wildman–Crippen LogP) is -0.0786. The van der Waals surface area contributed by atoms with Crippen molar-refractivity contribution in [1.29, 1.82) is 0 Å². The van der Waals surface area contributed by atoms with Crippen molar-refractivity contribution >= 4 is 5.91 Å². The Labute approximate surface area is 85.5 Å². The van der Waals surface area contributed by atoms with E-state index in [4.69, 9.17) is 5.11 Å². The summed E-state index contributed by atoms with van der Waals surface area (Å²) in [4.78, 5) is 15.4. The lowest BCUT2D eigenvalue weighted by Crippen LogP contribution is -2.60. The van der Waals surface area contributed by atoms with Crippen LogP contribution >= 0.6 is 0 Å². The maximum atomic E-state index is 11.3. The third kappa shape index (κ3) is 2.25. The van der Waals surface area contributed by atoms with Gasteiger partial charge in [-0.1, -0.05) is 6.92 Å². The molecule has 0 radical (unpaired) electrons. The van der Waals surface area contributed by atoms with Gasteiger partial charge in [-0.2, -0.15) is 0 Å². The summed E-state index contributed by atoms with van der Waals surface area (Å²) in [6.45, 7) is 9.37. The van der Waals surface area contributed by atoms with E-state index in [2.05, 4.69) is 25.7 Å². The van der Waals surface area contributed by atoms with Crippen LogP contribution in [0.4, 0.5) is 0 Å². The van der Waals surface area contributed by atoms with Crippen LogP contribution in [-0.2, 0) is 4.79 Å². The van der Waals surface area contributed by atoms with E-state index in [9.17, 15) is 4.79 Å². The summed E-state index contributed by atoms with van der Waals surface area (Å²) in [5, 5.41) is 8.78. The van der Waals surface area contributed by atoms with Crippen LogP contribution in [0.3, 0.4) is 0 Å². The van der Waals surface area contributed by atoms with Crippen molar-refractivity contribution in [2.75, 3.05) is 32.8 Å². The second-order valence-electron chi connectivity index (χ2n) is 4.37. The Balaban J connectivity index is 2.62. The summed E-state index contributed by atoms with van der Waals surface area (Å²) < 4.78 is 0. The lowest BCUT2D eigenvalue weighted by molar-refractivity contribution is -0.139. The molecular weight excluding hydrogens is 180 g/mol. The molecule has 1 aliphatic rings. The highest BCUT2D eigenvalue weighted by molar-refractivity contribution is 5.77. The van der Waals surface area contributed by atoms with Crippen molar-refractivity contribution in [3.05, 3.63) is 0 Å². The minimum Gasteiger partial charge on any atom is -0.387 e. The Morgan fingerprint density at radius 3 is 2.50 bits per heavy atom. The molecule has 1 aliphatic heterocycles. The van der Waals surface area contributed by atoms with Gasteiger partial charge in [-0.3, -0.25) is 9.69 Å². The summed E-state index contributed by atoms with van der Waals surface area (Å²) in [7, 11) is 0. The van der Waals surface area contributed by atoms with Crippen LogP contribution in [0.5, 0.6) is 0 Å². The zero-order valence-electron chi connectivity index (χ0n) is 9.29. The van der Waals surface area contributed by atoms with Crippen molar-refractivity contribution in [3.8, 4) is 0 Å². The number of nitrogens with zero attached hydrogens (tertiary/aromatic N) is 2. The number of aliphatic hydroxyl groups is 1. The molecule has 0 aromatic heterocycles. The van der Waals surface area contributed by atoms with Gasteiger partial charge in [-0.25, -0.2) is 0 Å². The molecule has 0 unspecified atom stereocenters. The number of amides is 1. The van der Waals surface area contributed by atoms with Gasteiger partial charge >= 0.3 is 0 Å². The number of rotatable bonds is 2. The Kier molecular flexibility index (Phi) is 3.50. The first-order valence-corrected chi connectivity index (χ1v) is 5.15. The molecule has 1 fully saturated rings. The summed E-state index contributed by atoms with van der Waals surface area (Å²) in [5.41, 5.74) is 0.0256. The van der Waals surface area contributed by atoms with Crippen molar-refractivity contribution in [2.45, 2.75) is 26.3 Å². The molecule has 14 heavy (non-hydrogen) atoms. The number of carbonyl (C=O) groups excluding carboxylic acids is 1. The number of carbonyl (C=O) groups is 1. The van der Waals surface area contributed by atoms with Crippen LogP contribution < -0.4 is 0 Å². The van der Waals surface area contributed by atoms with Gasteiger partial charge in [0.15, 0.2) is 0 Å². The smallest absolute Gasteiger partial charge is 0.248 e. The van der Waals surface area contributed by atoms with E-state index >= 15 is 0 Å². The van der Waals surface area contributed by atoms with Gasteiger partial charge in [0.05, 0.1) is 0 Å². The number of aliphatic hydroxyl groups excluding tert-OH is 1. The van der Waals surface area contributed by atoms with Crippen LogP contribution in [0.2, 0.25) is 0 Å². The summed E-state index contributed by atoms with van der Waals surface area (Å²) in [6.07, 6.45) is 0. The van der Waals surface area contributed by atoms with E-state index in [0.717, 1.165) is 19.6 Å². The second kappa shape index (κ2) is 4.28. The minimum atomic E-state index is -0.373. The van der Waals surface area contributed by atoms with Crippen LogP contribution in [0.15, 0.2) is 0 Å². The lowest BCUT2D eigenvalue weighted by Gasteiger charge is -2.46. The largest absolute Gasteiger partial charge is 0.387 e. The molecule has 0 aromatic carbocycles. The van der Waals surface area contributed by atoms with Crippen LogP contribution in [0.1, 0.15) is 20.8 Å².